The Morgan fingerprint density at radius 1 is 1.02 bits per heavy atom. The number of benzene rings is 1. The van der Waals surface area contributed by atoms with Crippen molar-refractivity contribution >= 4 is 29.8 Å². The molecule has 15 heteroatoms. The topological polar surface area (TPSA) is 224 Å². The van der Waals surface area contributed by atoms with Gasteiger partial charge in [0.2, 0.25) is 0 Å². The monoisotopic (exact) mass is 771 g/mol. The van der Waals surface area contributed by atoms with E-state index in [1.54, 1.807) is 52.8 Å². The predicted octanol–water partition coefficient (Wildman–Crippen LogP) is 2.30. The zero-order chi connectivity index (χ0) is 40.6. The molecule has 1 aromatic carbocycles. The number of alkyl carbamates (subject to hydrolysis) is 1. The molecule has 5 N–H and O–H groups in total. The fourth-order valence-corrected chi connectivity index (χ4v) is 9.48. The van der Waals surface area contributed by atoms with E-state index in [4.69, 9.17) is 23.7 Å². The lowest BCUT2D eigenvalue weighted by Gasteiger charge is -2.67. The minimum atomic E-state index is -2.31. The van der Waals surface area contributed by atoms with Crippen molar-refractivity contribution in [1.29, 1.82) is 0 Å². The van der Waals surface area contributed by atoms with Gasteiger partial charge in [0.15, 0.2) is 17.5 Å². The highest BCUT2D eigenvalue weighted by Gasteiger charge is 2.78. The number of ether oxygens (including phenoxy) is 5. The third kappa shape index (κ3) is 6.75. The number of aliphatic hydroxyl groups is 4. The van der Waals surface area contributed by atoms with E-state index in [9.17, 15) is 44.4 Å². The maximum atomic E-state index is 14.9. The number of hydrogen-bond donors (Lipinski definition) is 5. The Kier molecular flexibility index (Phi) is 10.3. The molecule has 0 unspecified atom stereocenters. The van der Waals surface area contributed by atoms with Crippen molar-refractivity contribution in [3.63, 3.8) is 0 Å². The first-order valence-electron chi connectivity index (χ1n) is 18.8. The number of fused-ring (bicyclic) bond motifs is 5. The van der Waals surface area contributed by atoms with E-state index in [2.05, 4.69) is 5.32 Å². The molecule has 1 aromatic rings. The van der Waals surface area contributed by atoms with E-state index in [-0.39, 0.29) is 35.7 Å². The summed E-state index contributed by atoms with van der Waals surface area (Å²) in [4.78, 5) is 68.2. The molecule has 6 rings (SSSR count). The lowest BCUT2D eigenvalue weighted by molar-refractivity contribution is -0.346. The van der Waals surface area contributed by atoms with E-state index in [0.717, 1.165) is 6.92 Å². The van der Waals surface area contributed by atoms with Crippen molar-refractivity contribution in [2.24, 2.45) is 22.7 Å². The third-order valence-corrected chi connectivity index (χ3v) is 12.6. The van der Waals surface area contributed by atoms with Crippen LogP contribution < -0.4 is 5.32 Å². The lowest BCUT2D eigenvalue weighted by atomic mass is 9.44. The number of aliphatic hydroxyl groups excluding tert-OH is 3. The molecule has 55 heavy (non-hydrogen) atoms. The normalized spacial score (nSPS) is 36.3. The smallest absolute Gasteiger partial charge is 0.407 e. The highest BCUT2D eigenvalue weighted by molar-refractivity contribution is 5.94. The molecule has 1 amide bonds. The number of carbonyl (C=O) groups is 5. The quantitative estimate of drug-likeness (QED) is 0.145. The van der Waals surface area contributed by atoms with Crippen molar-refractivity contribution < 1.29 is 68.1 Å². The predicted molar refractivity (Wildman–Crippen MR) is 191 cm³/mol. The van der Waals surface area contributed by atoms with Gasteiger partial charge in [-0.1, -0.05) is 32.0 Å². The van der Waals surface area contributed by atoms with Gasteiger partial charge >= 0.3 is 24.0 Å². The van der Waals surface area contributed by atoms with Gasteiger partial charge in [0.25, 0.3) is 0 Å². The maximum absolute atomic E-state index is 14.9. The molecule has 1 heterocycles. The van der Waals surface area contributed by atoms with Gasteiger partial charge in [0.05, 0.1) is 35.6 Å². The van der Waals surface area contributed by atoms with E-state index in [0.29, 0.717) is 12.8 Å². The van der Waals surface area contributed by atoms with Crippen LogP contribution in [0, 0.1) is 22.7 Å². The highest BCUT2D eigenvalue weighted by atomic mass is 16.6. The summed E-state index contributed by atoms with van der Waals surface area (Å²) in [6.07, 6.45) is -9.78. The number of Topliss-reactive ketones (excluding diaryl/α,β-unsaturated/α-hetero) is 1. The van der Waals surface area contributed by atoms with E-state index >= 15 is 0 Å². The van der Waals surface area contributed by atoms with Crippen LogP contribution in [0.1, 0.15) is 91.4 Å². The first-order chi connectivity index (χ1) is 25.5. The van der Waals surface area contributed by atoms with Gasteiger partial charge in [-0.15, -0.1) is 0 Å². The first kappa shape index (κ1) is 40.8. The van der Waals surface area contributed by atoms with Gasteiger partial charge < -0.3 is 49.4 Å². The molecule has 11 atom stereocenters. The molecule has 15 nitrogen and oxygen atoms in total. The van der Waals surface area contributed by atoms with Crippen LogP contribution in [0.3, 0.4) is 0 Å². The standard InChI is InChI=1S/C40H53NO14/c1-19-23(52-34(48)29(45)27(21-14-15-21)41-35(49)55-36(3,4)5)17-40(50)32(53-33(47)22-12-10-9-11-13-22)30-38(8,31(46)28(44)26(19)37(40,6)7)24(43)16-25-39(30,18-51-25)54-20(2)42/h9-13,21,23-25,27-30,32,43-45,50H,14-18H2,1-8H3,(H,41,49)/t23-,24-,25+,27-,28+,29+,30-,32-,38+,39-,40+/m0/s1. The van der Waals surface area contributed by atoms with Crippen LogP contribution >= 0.6 is 0 Å². The van der Waals surface area contributed by atoms with Gasteiger partial charge in [0.1, 0.15) is 35.6 Å². The Hall–Kier alpha value is -3.89. The summed E-state index contributed by atoms with van der Waals surface area (Å²) in [5, 5.41) is 51.2. The van der Waals surface area contributed by atoms with Crippen LogP contribution in [0.25, 0.3) is 0 Å². The molecule has 4 fully saturated rings. The van der Waals surface area contributed by atoms with Crippen LogP contribution in [-0.2, 0) is 38.1 Å². The Bertz CT molecular complexity index is 1770. The molecule has 0 radical (unpaired) electrons. The second-order valence-corrected chi connectivity index (χ2v) is 17.5. The molecule has 0 spiro atoms. The number of hydrogen-bond acceptors (Lipinski definition) is 14. The molecule has 0 aromatic heterocycles. The fraction of sp³-hybridized carbons (Fsp3) is 0.675. The Balaban J connectivity index is 1.47. The van der Waals surface area contributed by atoms with E-state index in [1.165, 1.54) is 26.0 Å². The number of rotatable bonds is 8. The van der Waals surface area contributed by atoms with E-state index in [1.807, 2.05) is 0 Å². The van der Waals surface area contributed by atoms with Gasteiger partial charge in [-0.25, -0.2) is 14.4 Å². The van der Waals surface area contributed by atoms with E-state index < -0.39 is 112 Å². The SMILES string of the molecule is CC(=O)O[C@@]12CO[C@@H]1C[C@H](O)[C@@]1(C)C(=O)[C@H](O)C3=C(C)[C@@H](OC(=O)[C@H](O)[C@@H](NC(=O)OC(C)(C)C)C4CC4)C[C@@](O)([C@@H](OC(=O)c4ccccc4)[C@H]21)C3(C)C. The summed E-state index contributed by atoms with van der Waals surface area (Å²) in [5.74, 6) is -5.46. The molecule has 4 aliphatic carbocycles. The number of nitrogens with one attached hydrogen (secondary N) is 1. The third-order valence-electron chi connectivity index (χ3n) is 12.6. The molecule has 5 aliphatic rings. The van der Waals surface area contributed by atoms with Crippen molar-refractivity contribution in [2.75, 3.05) is 6.61 Å². The number of esters is 3. The molecule has 1 saturated heterocycles. The summed E-state index contributed by atoms with van der Waals surface area (Å²) in [6.45, 7) is 11.9. The number of carbonyl (C=O) groups excluding carboxylic acids is 5. The summed E-state index contributed by atoms with van der Waals surface area (Å²) < 4.78 is 29.4. The summed E-state index contributed by atoms with van der Waals surface area (Å²) in [6, 6.07) is 6.82. The molecular formula is C40H53NO14. The van der Waals surface area contributed by atoms with Gasteiger partial charge in [-0.05, 0) is 76.7 Å². The zero-order valence-corrected chi connectivity index (χ0v) is 32.5. The molecule has 3 saturated carbocycles. The van der Waals surface area contributed by atoms with Crippen molar-refractivity contribution in [3.8, 4) is 0 Å². The largest absolute Gasteiger partial charge is 0.456 e. The minimum Gasteiger partial charge on any atom is -0.456 e. The summed E-state index contributed by atoms with van der Waals surface area (Å²) in [5.41, 5.74) is -8.22. The van der Waals surface area contributed by atoms with Crippen molar-refractivity contribution in [1.82, 2.24) is 5.32 Å². The van der Waals surface area contributed by atoms with Crippen LogP contribution in [0.4, 0.5) is 4.79 Å². The van der Waals surface area contributed by atoms with Gasteiger partial charge in [0, 0.05) is 25.2 Å². The second-order valence-electron chi connectivity index (χ2n) is 17.5. The summed E-state index contributed by atoms with van der Waals surface area (Å²) >= 11 is 0. The Morgan fingerprint density at radius 3 is 2.20 bits per heavy atom. The van der Waals surface area contributed by atoms with Crippen molar-refractivity contribution in [2.45, 2.75) is 141 Å². The average molecular weight is 772 g/mol. The van der Waals surface area contributed by atoms with Gasteiger partial charge in [-0.3, -0.25) is 9.59 Å². The zero-order valence-electron chi connectivity index (χ0n) is 32.5. The maximum Gasteiger partial charge on any atom is 0.407 e. The highest BCUT2D eigenvalue weighted by Crippen LogP contribution is 2.64. The van der Waals surface area contributed by atoms with Crippen LogP contribution in [0.5, 0.6) is 0 Å². The number of ketones is 1. The Morgan fingerprint density at radius 2 is 1.65 bits per heavy atom. The average Bonchev–Trinajstić information content (AvgIpc) is 3.93. The molecule has 2 bridgehead atoms. The van der Waals surface area contributed by atoms with Gasteiger partial charge in [-0.2, -0.15) is 0 Å². The number of amides is 1. The van der Waals surface area contributed by atoms with Crippen molar-refractivity contribution in [3.05, 3.63) is 47.0 Å². The fourth-order valence-electron chi connectivity index (χ4n) is 9.48. The molecule has 1 aliphatic heterocycles. The molecule has 302 valence electrons. The lowest BCUT2D eigenvalue weighted by Crippen LogP contribution is -2.81. The van der Waals surface area contributed by atoms with Crippen LogP contribution in [0.2, 0.25) is 0 Å². The summed E-state index contributed by atoms with van der Waals surface area (Å²) in [7, 11) is 0. The van der Waals surface area contributed by atoms with Crippen LogP contribution in [0.15, 0.2) is 41.5 Å². The Labute approximate surface area is 319 Å². The molecular weight excluding hydrogens is 718 g/mol. The van der Waals surface area contributed by atoms with Crippen LogP contribution in [-0.4, -0.2) is 116 Å². The second kappa shape index (κ2) is 13.9. The minimum absolute atomic E-state index is 0.0367. The first-order valence-corrected chi connectivity index (χ1v) is 18.8.